The molecule has 0 spiro atoms. The van der Waals surface area contributed by atoms with Crippen molar-refractivity contribution in [2.24, 2.45) is 0 Å². The number of halogens is 1. The van der Waals surface area contributed by atoms with Crippen LogP contribution in [0.25, 0.3) is 0 Å². The molecule has 76 valence electrons. The van der Waals surface area contributed by atoms with Crippen LogP contribution >= 0.6 is 11.8 Å². The maximum Gasteiger partial charge on any atom is 0.124 e. The lowest BCUT2D eigenvalue weighted by Crippen LogP contribution is -2.21. The summed E-state index contributed by atoms with van der Waals surface area (Å²) in [4.78, 5) is 1.11. The second-order valence-corrected chi connectivity index (χ2v) is 5.09. The predicted molar refractivity (Wildman–Crippen MR) is 58.4 cm³/mol. The van der Waals surface area contributed by atoms with Crippen molar-refractivity contribution in [2.45, 2.75) is 23.0 Å². The standard InChI is InChI=1S/C11H14FNS/c1-7-10(6-13-2)9-4-3-8(12)5-11(9)14-7/h3-5,7,10,13H,6H2,1-2H3. The van der Waals surface area contributed by atoms with Crippen LogP contribution in [0, 0.1) is 5.82 Å². The molecule has 1 N–H and O–H groups in total. The molecule has 0 fully saturated rings. The molecule has 2 rings (SSSR count). The van der Waals surface area contributed by atoms with Crippen molar-refractivity contribution < 1.29 is 4.39 Å². The molecule has 2 atom stereocenters. The molecule has 0 saturated heterocycles. The zero-order valence-corrected chi connectivity index (χ0v) is 9.20. The van der Waals surface area contributed by atoms with Gasteiger partial charge in [-0.15, -0.1) is 11.8 Å². The fraction of sp³-hybridized carbons (Fsp3) is 0.455. The van der Waals surface area contributed by atoms with E-state index in [1.807, 2.05) is 13.1 Å². The number of rotatable bonds is 2. The van der Waals surface area contributed by atoms with Gasteiger partial charge in [0.1, 0.15) is 5.82 Å². The molecule has 1 heterocycles. The Bertz CT molecular complexity index is 340. The fourth-order valence-electron chi connectivity index (χ4n) is 1.95. The molecule has 1 aromatic rings. The minimum atomic E-state index is -0.131. The molecule has 1 aliphatic rings. The topological polar surface area (TPSA) is 12.0 Å². The van der Waals surface area contributed by atoms with Gasteiger partial charge < -0.3 is 5.32 Å². The molecule has 0 saturated carbocycles. The minimum Gasteiger partial charge on any atom is -0.319 e. The van der Waals surface area contributed by atoms with Crippen LogP contribution in [0.4, 0.5) is 4.39 Å². The number of benzene rings is 1. The first-order valence-electron chi connectivity index (χ1n) is 4.83. The molecular formula is C11H14FNS. The van der Waals surface area contributed by atoms with E-state index in [9.17, 15) is 4.39 Å². The lowest BCUT2D eigenvalue weighted by molar-refractivity contribution is 0.610. The Morgan fingerprint density at radius 3 is 3.00 bits per heavy atom. The summed E-state index contributed by atoms with van der Waals surface area (Å²) in [5.41, 5.74) is 1.29. The number of thioether (sulfide) groups is 1. The maximum atomic E-state index is 13.0. The molecule has 0 amide bonds. The van der Waals surface area contributed by atoms with Crippen LogP contribution < -0.4 is 5.32 Å². The van der Waals surface area contributed by atoms with E-state index in [0.717, 1.165) is 11.4 Å². The summed E-state index contributed by atoms with van der Waals surface area (Å²) in [6.07, 6.45) is 0. The molecule has 1 nitrogen and oxygen atoms in total. The lowest BCUT2D eigenvalue weighted by Gasteiger charge is -2.14. The van der Waals surface area contributed by atoms with Crippen molar-refractivity contribution in [1.82, 2.24) is 5.32 Å². The van der Waals surface area contributed by atoms with Crippen molar-refractivity contribution in [1.29, 1.82) is 0 Å². The van der Waals surface area contributed by atoms with E-state index in [2.05, 4.69) is 12.2 Å². The Balaban J connectivity index is 2.33. The Kier molecular flexibility index (Phi) is 2.79. The highest BCUT2D eigenvalue weighted by molar-refractivity contribution is 8.00. The molecule has 1 aromatic carbocycles. The van der Waals surface area contributed by atoms with Crippen molar-refractivity contribution in [3.8, 4) is 0 Å². The quantitative estimate of drug-likeness (QED) is 0.807. The second kappa shape index (κ2) is 3.91. The van der Waals surface area contributed by atoms with Crippen LogP contribution in [0.1, 0.15) is 18.4 Å². The monoisotopic (exact) mass is 211 g/mol. The third-order valence-corrected chi connectivity index (χ3v) is 3.99. The summed E-state index contributed by atoms with van der Waals surface area (Å²) in [5, 5.41) is 3.73. The van der Waals surface area contributed by atoms with E-state index < -0.39 is 0 Å². The van der Waals surface area contributed by atoms with Gasteiger partial charge >= 0.3 is 0 Å². The molecule has 0 radical (unpaired) electrons. The molecular weight excluding hydrogens is 197 g/mol. The summed E-state index contributed by atoms with van der Waals surface area (Å²) >= 11 is 1.77. The third kappa shape index (κ3) is 1.66. The van der Waals surface area contributed by atoms with Gasteiger partial charge in [0, 0.05) is 22.6 Å². The van der Waals surface area contributed by atoms with Gasteiger partial charge in [0.05, 0.1) is 0 Å². The Labute approximate surface area is 88.1 Å². The Morgan fingerprint density at radius 2 is 2.29 bits per heavy atom. The molecule has 0 aromatic heterocycles. The predicted octanol–water partition coefficient (Wildman–Crippen LogP) is 2.62. The highest BCUT2D eigenvalue weighted by Gasteiger charge is 2.29. The SMILES string of the molecule is CNCC1c2ccc(F)cc2SC1C. The van der Waals surface area contributed by atoms with Crippen molar-refractivity contribution in [2.75, 3.05) is 13.6 Å². The summed E-state index contributed by atoms with van der Waals surface area (Å²) in [5.74, 6) is 0.383. The van der Waals surface area contributed by atoms with Crippen molar-refractivity contribution in [3.63, 3.8) is 0 Å². The molecule has 14 heavy (non-hydrogen) atoms. The van der Waals surface area contributed by atoms with Crippen molar-refractivity contribution in [3.05, 3.63) is 29.6 Å². The van der Waals surface area contributed by atoms with Gasteiger partial charge in [-0.1, -0.05) is 13.0 Å². The first-order valence-corrected chi connectivity index (χ1v) is 5.71. The summed E-state index contributed by atoms with van der Waals surface area (Å²) in [7, 11) is 1.96. The van der Waals surface area contributed by atoms with Crippen LogP contribution in [-0.4, -0.2) is 18.8 Å². The molecule has 2 unspecified atom stereocenters. The number of nitrogens with one attached hydrogen (secondary N) is 1. The zero-order valence-electron chi connectivity index (χ0n) is 8.38. The first kappa shape index (κ1) is 9.99. The average molecular weight is 211 g/mol. The third-order valence-electron chi connectivity index (χ3n) is 2.68. The van der Waals surface area contributed by atoms with Gasteiger partial charge in [0.25, 0.3) is 0 Å². The van der Waals surface area contributed by atoms with Crippen LogP contribution in [0.2, 0.25) is 0 Å². The van der Waals surface area contributed by atoms with Crippen LogP contribution in [0.15, 0.2) is 23.1 Å². The highest BCUT2D eigenvalue weighted by Crippen LogP contribution is 2.44. The van der Waals surface area contributed by atoms with E-state index in [-0.39, 0.29) is 5.82 Å². The summed E-state index contributed by atoms with van der Waals surface area (Å²) < 4.78 is 13.0. The van der Waals surface area contributed by atoms with Crippen molar-refractivity contribution >= 4 is 11.8 Å². The molecule has 1 aliphatic heterocycles. The smallest absolute Gasteiger partial charge is 0.124 e. The fourth-order valence-corrected chi connectivity index (χ4v) is 3.29. The largest absolute Gasteiger partial charge is 0.319 e. The Hall–Kier alpha value is -0.540. The van der Waals surface area contributed by atoms with Gasteiger partial charge in [-0.3, -0.25) is 0 Å². The van der Waals surface area contributed by atoms with Gasteiger partial charge in [0.2, 0.25) is 0 Å². The minimum absolute atomic E-state index is 0.131. The van der Waals surface area contributed by atoms with E-state index in [1.165, 1.54) is 5.56 Å². The van der Waals surface area contributed by atoms with E-state index in [0.29, 0.717) is 11.2 Å². The van der Waals surface area contributed by atoms with Crippen LogP contribution in [0.3, 0.4) is 0 Å². The highest BCUT2D eigenvalue weighted by atomic mass is 32.2. The van der Waals surface area contributed by atoms with E-state index >= 15 is 0 Å². The van der Waals surface area contributed by atoms with Crippen LogP contribution in [0.5, 0.6) is 0 Å². The van der Waals surface area contributed by atoms with E-state index in [4.69, 9.17) is 0 Å². The maximum absolute atomic E-state index is 13.0. The second-order valence-electron chi connectivity index (χ2n) is 3.67. The van der Waals surface area contributed by atoms with E-state index in [1.54, 1.807) is 23.9 Å². The summed E-state index contributed by atoms with van der Waals surface area (Å²) in [6.45, 7) is 3.16. The number of hydrogen-bond acceptors (Lipinski definition) is 2. The number of fused-ring (bicyclic) bond motifs is 1. The summed E-state index contributed by atoms with van der Waals surface area (Å²) in [6, 6.07) is 5.12. The average Bonchev–Trinajstić information content (AvgIpc) is 2.43. The van der Waals surface area contributed by atoms with Gasteiger partial charge in [0.15, 0.2) is 0 Å². The molecule has 0 bridgehead atoms. The molecule has 3 heteroatoms. The molecule has 0 aliphatic carbocycles. The Morgan fingerprint density at radius 1 is 1.50 bits per heavy atom. The number of likely N-dealkylation sites (N-methyl/N-ethyl adjacent to an activating group) is 1. The van der Waals surface area contributed by atoms with Gasteiger partial charge in [-0.25, -0.2) is 4.39 Å². The van der Waals surface area contributed by atoms with Crippen LogP contribution in [-0.2, 0) is 0 Å². The number of hydrogen-bond donors (Lipinski definition) is 1. The first-order chi connectivity index (χ1) is 6.72. The lowest BCUT2D eigenvalue weighted by atomic mass is 9.96. The zero-order chi connectivity index (χ0) is 10.1. The van der Waals surface area contributed by atoms with Gasteiger partial charge in [-0.2, -0.15) is 0 Å². The van der Waals surface area contributed by atoms with Gasteiger partial charge in [-0.05, 0) is 24.7 Å². The normalized spacial score (nSPS) is 25.1.